The van der Waals surface area contributed by atoms with Crippen LogP contribution in [-0.4, -0.2) is 40.0 Å². The number of aromatic nitrogens is 2. The molecular weight excluding hydrogens is 404 g/mol. The van der Waals surface area contributed by atoms with Gasteiger partial charge in [0.2, 0.25) is 5.78 Å². The first-order chi connectivity index (χ1) is 14.7. The first kappa shape index (κ1) is 22.1. The molecule has 3 aromatic rings. The largest absolute Gasteiger partial charge is 0.462 e. The second-order valence-corrected chi connectivity index (χ2v) is 7.08. The number of ketones is 1. The van der Waals surface area contributed by atoms with Gasteiger partial charge in [-0.1, -0.05) is 12.1 Å². The molecule has 0 aliphatic heterocycles. The lowest BCUT2D eigenvalue weighted by molar-refractivity contribution is -0.146. The van der Waals surface area contributed by atoms with E-state index in [4.69, 9.17) is 13.9 Å². The predicted molar refractivity (Wildman–Crippen MR) is 111 cm³/mol. The summed E-state index contributed by atoms with van der Waals surface area (Å²) in [6.07, 6.45) is -1.19. The molecule has 1 aromatic carbocycles. The molecule has 9 heteroatoms. The molecule has 2 heterocycles. The molecule has 0 aliphatic carbocycles. The number of nitrogens with zero attached hydrogens (tertiary/aromatic N) is 1. The van der Waals surface area contributed by atoms with Gasteiger partial charge in [0.1, 0.15) is 0 Å². The smallest absolute Gasteiger partial charge is 0.419 e. The quantitative estimate of drug-likeness (QED) is 0.432. The summed E-state index contributed by atoms with van der Waals surface area (Å²) in [4.78, 5) is 52.0. The van der Waals surface area contributed by atoms with Gasteiger partial charge in [-0.15, -0.1) is 0 Å². The second-order valence-electron chi connectivity index (χ2n) is 7.08. The third kappa shape index (κ3) is 4.45. The molecule has 31 heavy (non-hydrogen) atoms. The number of esters is 2. The summed E-state index contributed by atoms with van der Waals surface area (Å²) in [5.74, 6) is -2.18. The molecule has 0 spiro atoms. The van der Waals surface area contributed by atoms with Crippen LogP contribution in [0.15, 0.2) is 33.5 Å². The molecular formula is C22H24N2O7. The van der Waals surface area contributed by atoms with E-state index in [2.05, 4.69) is 4.98 Å². The Morgan fingerprint density at radius 3 is 2.61 bits per heavy atom. The van der Waals surface area contributed by atoms with Gasteiger partial charge in [0.15, 0.2) is 11.7 Å². The molecule has 1 atom stereocenters. The molecule has 164 valence electrons. The Kier molecular flexibility index (Phi) is 6.43. The van der Waals surface area contributed by atoms with Gasteiger partial charge in [0.25, 0.3) is 0 Å². The molecule has 0 radical (unpaired) electrons. The van der Waals surface area contributed by atoms with Crippen molar-refractivity contribution in [3.8, 4) is 0 Å². The highest BCUT2D eigenvalue weighted by Gasteiger charge is 2.27. The summed E-state index contributed by atoms with van der Waals surface area (Å²) in [5, 5.41) is 0. The number of Topliss-reactive ketones (excluding diaryl/α,β-unsaturated/α-hetero) is 1. The standard InChI is InChI=1S/C22H24N2O7/c1-5-29-21(27)18-12(2)19(23-13(18)3)20(26)14(4)30-17(25)10-11-24-15-8-6-7-9-16(15)31-22(24)28/h6-9,14,23H,5,10-11H2,1-4H3. The monoisotopic (exact) mass is 428 g/mol. The average molecular weight is 428 g/mol. The number of aromatic amines is 1. The van der Waals surface area contributed by atoms with Crippen LogP contribution in [0.3, 0.4) is 0 Å². The van der Waals surface area contributed by atoms with Crippen molar-refractivity contribution in [2.45, 2.75) is 46.8 Å². The zero-order valence-electron chi connectivity index (χ0n) is 17.8. The molecule has 2 aromatic heterocycles. The predicted octanol–water partition coefficient (Wildman–Crippen LogP) is 2.92. The van der Waals surface area contributed by atoms with Crippen LogP contribution in [0.5, 0.6) is 0 Å². The van der Waals surface area contributed by atoms with Crippen molar-refractivity contribution in [2.24, 2.45) is 0 Å². The summed E-state index contributed by atoms with van der Waals surface area (Å²) in [5.41, 5.74) is 2.45. The fraction of sp³-hybridized carbons (Fsp3) is 0.364. The lowest BCUT2D eigenvalue weighted by atomic mass is 10.1. The molecule has 9 nitrogen and oxygen atoms in total. The Labute approximate surface area is 177 Å². The minimum atomic E-state index is -1.07. The Hall–Kier alpha value is -3.62. The van der Waals surface area contributed by atoms with Crippen LogP contribution in [0.4, 0.5) is 0 Å². The number of carbonyl (C=O) groups is 3. The zero-order chi connectivity index (χ0) is 22.7. The number of oxazole rings is 1. The molecule has 0 fully saturated rings. The van der Waals surface area contributed by atoms with E-state index in [-0.39, 0.29) is 25.3 Å². The van der Waals surface area contributed by atoms with E-state index in [0.29, 0.717) is 27.9 Å². The molecule has 0 amide bonds. The number of hydrogen-bond donors (Lipinski definition) is 1. The maximum Gasteiger partial charge on any atom is 0.419 e. The first-order valence-corrected chi connectivity index (χ1v) is 9.92. The Morgan fingerprint density at radius 1 is 1.19 bits per heavy atom. The van der Waals surface area contributed by atoms with Crippen molar-refractivity contribution >= 4 is 28.8 Å². The lowest BCUT2D eigenvalue weighted by Crippen LogP contribution is -2.26. The fourth-order valence-corrected chi connectivity index (χ4v) is 3.45. The van der Waals surface area contributed by atoms with Crippen LogP contribution in [0.1, 0.15) is 52.4 Å². The average Bonchev–Trinajstić information content (AvgIpc) is 3.20. The molecule has 3 rings (SSSR count). The highest BCUT2D eigenvalue weighted by Crippen LogP contribution is 2.21. The van der Waals surface area contributed by atoms with Gasteiger partial charge in [-0.05, 0) is 45.4 Å². The Morgan fingerprint density at radius 2 is 1.90 bits per heavy atom. The second kappa shape index (κ2) is 9.03. The summed E-state index contributed by atoms with van der Waals surface area (Å²) < 4.78 is 16.8. The van der Waals surface area contributed by atoms with Crippen LogP contribution in [0.25, 0.3) is 11.1 Å². The van der Waals surface area contributed by atoms with Gasteiger partial charge in [-0.2, -0.15) is 0 Å². The van der Waals surface area contributed by atoms with Crippen molar-refractivity contribution in [3.63, 3.8) is 0 Å². The number of aryl methyl sites for hydroxylation is 2. The van der Waals surface area contributed by atoms with Gasteiger partial charge in [0, 0.05) is 12.2 Å². The number of benzene rings is 1. The van der Waals surface area contributed by atoms with E-state index < -0.39 is 29.6 Å². The van der Waals surface area contributed by atoms with Crippen molar-refractivity contribution in [2.75, 3.05) is 6.61 Å². The Balaban J connectivity index is 1.66. The molecule has 0 saturated heterocycles. The van der Waals surface area contributed by atoms with Gasteiger partial charge < -0.3 is 18.9 Å². The van der Waals surface area contributed by atoms with Crippen molar-refractivity contribution in [1.29, 1.82) is 0 Å². The molecule has 0 saturated carbocycles. The van der Waals surface area contributed by atoms with Crippen LogP contribution in [0, 0.1) is 13.8 Å². The fourth-order valence-electron chi connectivity index (χ4n) is 3.45. The SMILES string of the molecule is CCOC(=O)c1c(C)[nH]c(C(=O)C(C)OC(=O)CCn2c(=O)oc3ccccc32)c1C. The topological polar surface area (TPSA) is 121 Å². The Bertz CT molecular complexity index is 1200. The minimum Gasteiger partial charge on any atom is -0.462 e. The summed E-state index contributed by atoms with van der Waals surface area (Å²) in [7, 11) is 0. The zero-order valence-corrected chi connectivity index (χ0v) is 17.8. The normalized spacial score (nSPS) is 12.0. The third-order valence-electron chi connectivity index (χ3n) is 4.95. The van der Waals surface area contributed by atoms with Gasteiger partial charge in [0.05, 0.1) is 29.8 Å². The van der Waals surface area contributed by atoms with Crippen LogP contribution < -0.4 is 5.76 Å². The van der Waals surface area contributed by atoms with Crippen LogP contribution in [-0.2, 0) is 20.8 Å². The highest BCUT2D eigenvalue weighted by molar-refractivity contribution is 6.04. The molecule has 1 N–H and O–H groups in total. The van der Waals surface area contributed by atoms with Crippen LogP contribution >= 0.6 is 0 Å². The summed E-state index contributed by atoms with van der Waals surface area (Å²) in [6.45, 7) is 6.73. The molecule has 0 aliphatic rings. The maximum atomic E-state index is 12.8. The number of rotatable bonds is 8. The first-order valence-electron chi connectivity index (χ1n) is 9.92. The van der Waals surface area contributed by atoms with Gasteiger partial charge in [-0.25, -0.2) is 9.59 Å². The number of H-pyrrole nitrogens is 1. The van der Waals surface area contributed by atoms with E-state index in [0.717, 1.165) is 0 Å². The third-order valence-corrected chi connectivity index (χ3v) is 4.95. The summed E-state index contributed by atoms with van der Waals surface area (Å²) in [6, 6.07) is 6.89. The van der Waals surface area contributed by atoms with Gasteiger partial charge >= 0.3 is 17.7 Å². The number of carbonyl (C=O) groups excluding carboxylic acids is 3. The lowest BCUT2D eigenvalue weighted by Gasteiger charge is -2.12. The highest BCUT2D eigenvalue weighted by atomic mass is 16.5. The van der Waals surface area contributed by atoms with Crippen LogP contribution in [0.2, 0.25) is 0 Å². The summed E-state index contributed by atoms with van der Waals surface area (Å²) >= 11 is 0. The van der Waals surface area contributed by atoms with E-state index in [1.54, 1.807) is 45.0 Å². The number of hydrogen-bond acceptors (Lipinski definition) is 7. The maximum absolute atomic E-state index is 12.8. The number of para-hydroxylation sites is 2. The molecule has 0 bridgehead atoms. The van der Waals surface area contributed by atoms with E-state index in [1.807, 2.05) is 0 Å². The minimum absolute atomic E-state index is 0.0588. The number of fused-ring (bicyclic) bond motifs is 1. The van der Waals surface area contributed by atoms with E-state index in [9.17, 15) is 19.2 Å². The van der Waals surface area contributed by atoms with E-state index in [1.165, 1.54) is 11.5 Å². The van der Waals surface area contributed by atoms with Crippen molar-refractivity contribution in [3.05, 3.63) is 57.3 Å². The molecule has 1 unspecified atom stereocenters. The number of nitrogens with one attached hydrogen (secondary N) is 1. The number of ether oxygens (including phenoxy) is 2. The van der Waals surface area contributed by atoms with Crippen molar-refractivity contribution < 1.29 is 28.3 Å². The van der Waals surface area contributed by atoms with Crippen molar-refractivity contribution in [1.82, 2.24) is 9.55 Å². The van der Waals surface area contributed by atoms with Gasteiger partial charge in [-0.3, -0.25) is 14.2 Å². The van der Waals surface area contributed by atoms with E-state index >= 15 is 0 Å².